The van der Waals surface area contributed by atoms with Gasteiger partial charge in [-0.2, -0.15) is 0 Å². The van der Waals surface area contributed by atoms with Crippen LogP contribution in [0.4, 0.5) is 0 Å². The van der Waals surface area contributed by atoms with Crippen molar-refractivity contribution in [3.8, 4) is 0 Å². The number of allylic oxidation sites excluding steroid dienone is 22. The van der Waals surface area contributed by atoms with Crippen LogP contribution in [0, 0.1) is 0 Å². The molecule has 458 valence electrons. The van der Waals surface area contributed by atoms with Crippen LogP contribution in [0.2, 0.25) is 0 Å². The average molecular weight is 1130 g/mol. The molecule has 0 bridgehead atoms. The number of nitrogens with one attached hydrogen (secondary N) is 1. The number of carbonyl (C=O) groups is 1. The van der Waals surface area contributed by atoms with Crippen molar-refractivity contribution < 1.29 is 32.9 Å². The molecule has 2 N–H and O–H groups in total. The molecule has 1 amide bonds. The fraction of sp³-hybridized carbons (Fsp3) is 0.676. The number of quaternary nitrogens is 1. The number of aliphatic hydroxyl groups is 1. The van der Waals surface area contributed by atoms with Crippen molar-refractivity contribution in [2.75, 3.05) is 40.9 Å². The minimum Gasteiger partial charge on any atom is -0.756 e. The second-order valence-electron chi connectivity index (χ2n) is 22.7. The molecule has 0 aliphatic heterocycles. The van der Waals surface area contributed by atoms with Crippen LogP contribution in [0.1, 0.15) is 258 Å². The molecule has 0 aromatic carbocycles. The minimum atomic E-state index is -4.59. The number of likely N-dealkylation sites (N-methyl/N-ethyl adjacent to an activating group) is 1. The SMILES string of the molecule is CC/C=C\C/C=C\C/C=C\C/C=C\C/C=C\C/C=C\C/C=C\C/C=C\C/C=C\C/C=C\C/C=C\CCCCCCCCCC(=O)NC(COP(=O)([O-])OCC[N+](C)(C)C)C(O)CCCCCCCCCCCCCCCCCCC. The average Bonchev–Trinajstić information content (AvgIpc) is 3.42. The monoisotopic (exact) mass is 1130 g/mol. The van der Waals surface area contributed by atoms with E-state index in [1.807, 2.05) is 21.1 Å². The zero-order valence-electron chi connectivity index (χ0n) is 52.2. The Balaban J connectivity index is 4.12. The summed E-state index contributed by atoms with van der Waals surface area (Å²) < 4.78 is 23.4. The van der Waals surface area contributed by atoms with Gasteiger partial charge in [-0.15, -0.1) is 0 Å². The fourth-order valence-electron chi connectivity index (χ4n) is 8.87. The first-order chi connectivity index (χ1) is 39.0. The molecule has 9 heteroatoms. The maximum absolute atomic E-state index is 13.0. The molecule has 0 aliphatic rings. The number of hydrogen-bond donors (Lipinski definition) is 2. The van der Waals surface area contributed by atoms with Gasteiger partial charge in [-0.25, -0.2) is 0 Å². The summed E-state index contributed by atoms with van der Waals surface area (Å²) in [5.41, 5.74) is 0. The molecule has 0 saturated carbocycles. The molecule has 3 atom stereocenters. The van der Waals surface area contributed by atoms with Gasteiger partial charge in [-0.1, -0.05) is 289 Å². The third-order valence-corrected chi connectivity index (χ3v) is 14.9. The Hall–Kier alpha value is -3.36. The highest BCUT2D eigenvalue weighted by molar-refractivity contribution is 7.45. The number of amides is 1. The Kier molecular flexibility index (Phi) is 57.7. The number of unbranched alkanes of at least 4 members (excludes halogenated alkanes) is 23. The van der Waals surface area contributed by atoms with E-state index >= 15 is 0 Å². The van der Waals surface area contributed by atoms with E-state index in [0.717, 1.165) is 122 Å². The number of carbonyl (C=O) groups excluding carboxylic acids is 1. The largest absolute Gasteiger partial charge is 0.756 e. The van der Waals surface area contributed by atoms with E-state index in [0.29, 0.717) is 23.9 Å². The van der Waals surface area contributed by atoms with Gasteiger partial charge in [0.1, 0.15) is 13.2 Å². The van der Waals surface area contributed by atoms with Gasteiger partial charge in [0.2, 0.25) is 5.91 Å². The van der Waals surface area contributed by atoms with Crippen LogP contribution in [-0.2, 0) is 18.4 Å². The Morgan fingerprint density at radius 3 is 1.11 bits per heavy atom. The van der Waals surface area contributed by atoms with Crippen LogP contribution in [-0.4, -0.2) is 68.5 Å². The van der Waals surface area contributed by atoms with Crippen molar-refractivity contribution in [3.63, 3.8) is 0 Å². The molecule has 0 radical (unpaired) electrons. The molecule has 0 fully saturated rings. The first-order valence-corrected chi connectivity index (χ1v) is 34.0. The van der Waals surface area contributed by atoms with Crippen LogP contribution < -0.4 is 10.2 Å². The molecule has 0 heterocycles. The van der Waals surface area contributed by atoms with Crippen molar-refractivity contribution in [1.29, 1.82) is 0 Å². The molecule has 0 spiro atoms. The molecular formula is C71H123N2O6P. The lowest BCUT2D eigenvalue weighted by Gasteiger charge is -2.30. The van der Waals surface area contributed by atoms with Crippen molar-refractivity contribution in [2.45, 2.75) is 270 Å². The smallest absolute Gasteiger partial charge is 0.268 e. The van der Waals surface area contributed by atoms with Gasteiger partial charge in [-0.3, -0.25) is 9.36 Å². The summed E-state index contributed by atoms with van der Waals surface area (Å²) in [6, 6.07) is -0.816. The van der Waals surface area contributed by atoms with Crippen LogP contribution in [0.3, 0.4) is 0 Å². The molecule has 3 unspecified atom stereocenters. The van der Waals surface area contributed by atoms with E-state index in [1.165, 1.54) is 109 Å². The van der Waals surface area contributed by atoms with Crippen LogP contribution in [0.25, 0.3) is 0 Å². The summed E-state index contributed by atoms with van der Waals surface area (Å²) in [5, 5.41) is 14.0. The summed E-state index contributed by atoms with van der Waals surface area (Å²) in [6.45, 7) is 4.60. The van der Waals surface area contributed by atoms with Crippen LogP contribution in [0.5, 0.6) is 0 Å². The zero-order valence-corrected chi connectivity index (χ0v) is 53.1. The van der Waals surface area contributed by atoms with Crippen molar-refractivity contribution >= 4 is 13.7 Å². The zero-order chi connectivity index (χ0) is 58.4. The number of aliphatic hydroxyl groups excluding tert-OH is 1. The highest BCUT2D eigenvalue weighted by Gasteiger charge is 2.24. The van der Waals surface area contributed by atoms with Crippen molar-refractivity contribution in [3.05, 3.63) is 134 Å². The molecule has 0 aromatic heterocycles. The van der Waals surface area contributed by atoms with E-state index in [2.05, 4.69) is 153 Å². The normalized spacial score (nSPS) is 14.6. The Bertz CT molecular complexity index is 1760. The number of rotatable bonds is 58. The summed E-state index contributed by atoms with van der Waals surface area (Å²) in [7, 11) is 1.28. The van der Waals surface area contributed by atoms with Gasteiger partial charge in [0.25, 0.3) is 7.82 Å². The van der Waals surface area contributed by atoms with Gasteiger partial charge < -0.3 is 28.8 Å². The number of phosphoric acid groups is 1. The lowest BCUT2D eigenvalue weighted by atomic mass is 10.0. The lowest BCUT2D eigenvalue weighted by Crippen LogP contribution is -2.46. The van der Waals surface area contributed by atoms with Gasteiger partial charge in [0.05, 0.1) is 39.9 Å². The second-order valence-corrected chi connectivity index (χ2v) is 24.2. The third kappa shape index (κ3) is 62.2. The quantitative estimate of drug-likeness (QED) is 0.0272. The van der Waals surface area contributed by atoms with Crippen LogP contribution in [0.15, 0.2) is 134 Å². The van der Waals surface area contributed by atoms with E-state index in [4.69, 9.17) is 9.05 Å². The fourth-order valence-corrected chi connectivity index (χ4v) is 9.59. The molecular weight excluding hydrogens is 1010 g/mol. The second kappa shape index (κ2) is 60.2. The Labute approximate surface area is 494 Å². The molecule has 8 nitrogen and oxygen atoms in total. The third-order valence-electron chi connectivity index (χ3n) is 13.9. The van der Waals surface area contributed by atoms with E-state index in [1.54, 1.807) is 0 Å². The van der Waals surface area contributed by atoms with Crippen molar-refractivity contribution in [2.24, 2.45) is 0 Å². The Morgan fingerprint density at radius 2 is 0.762 bits per heavy atom. The van der Waals surface area contributed by atoms with E-state index in [9.17, 15) is 19.4 Å². The predicted molar refractivity (Wildman–Crippen MR) is 348 cm³/mol. The highest BCUT2D eigenvalue weighted by Crippen LogP contribution is 2.38. The first kappa shape index (κ1) is 76.6. The van der Waals surface area contributed by atoms with Crippen LogP contribution >= 0.6 is 7.82 Å². The standard InChI is InChI=1S/C71H123N2O6P/c1-6-8-10-12-14-16-18-20-22-24-25-26-27-28-29-30-31-32-33-34-35-36-37-38-39-40-41-42-43-44-45-46-47-49-51-53-55-57-59-61-63-65-71(75)72-69(68-79-80(76,77)78-67-66-73(3,4)5)70(74)64-62-60-58-56-54-52-50-48-23-21-19-17-15-13-11-9-7-2/h8,10,14,16,20,22,25-26,28-29,31-32,34-35,37-38,40-41,43-44,46-47,69-70,74H,6-7,9,11-13,15,17-19,21,23-24,27,30,33,36,39,42,45,48-68H2,1-5H3,(H-,72,75,76,77)/b10-8-,16-14-,22-20-,26-25-,29-28-,32-31-,35-34-,38-37-,41-40-,44-43-,47-46-. The van der Waals surface area contributed by atoms with Crippen molar-refractivity contribution in [1.82, 2.24) is 5.32 Å². The number of phosphoric ester groups is 1. The topological polar surface area (TPSA) is 108 Å². The Morgan fingerprint density at radius 1 is 0.450 bits per heavy atom. The highest BCUT2D eigenvalue weighted by atomic mass is 31.2. The summed E-state index contributed by atoms with van der Waals surface area (Å²) >= 11 is 0. The van der Waals surface area contributed by atoms with Gasteiger partial charge in [0, 0.05) is 6.42 Å². The molecule has 80 heavy (non-hydrogen) atoms. The first-order valence-electron chi connectivity index (χ1n) is 32.5. The maximum atomic E-state index is 13.0. The van der Waals surface area contributed by atoms with Gasteiger partial charge in [0.15, 0.2) is 0 Å². The number of hydrogen-bond acceptors (Lipinski definition) is 6. The van der Waals surface area contributed by atoms with E-state index < -0.39 is 20.0 Å². The number of nitrogens with zero attached hydrogens (tertiary/aromatic N) is 1. The summed E-state index contributed by atoms with van der Waals surface area (Å²) in [4.78, 5) is 25.6. The minimum absolute atomic E-state index is 0.00387. The lowest BCUT2D eigenvalue weighted by molar-refractivity contribution is -0.870. The molecule has 0 rings (SSSR count). The summed E-state index contributed by atoms with van der Waals surface area (Å²) in [6.07, 6.45) is 90.7. The summed E-state index contributed by atoms with van der Waals surface area (Å²) in [5.74, 6) is -0.180. The molecule has 0 saturated heterocycles. The van der Waals surface area contributed by atoms with E-state index in [-0.39, 0.29) is 19.1 Å². The van der Waals surface area contributed by atoms with Gasteiger partial charge >= 0.3 is 0 Å². The molecule has 0 aromatic rings. The predicted octanol–water partition coefficient (Wildman–Crippen LogP) is 20.0. The maximum Gasteiger partial charge on any atom is 0.268 e. The van der Waals surface area contributed by atoms with Gasteiger partial charge in [-0.05, 0) is 96.3 Å². The molecule has 0 aliphatic carbocycles.